The Labute approximate surface area is 116 Å². The third-order valence-corrected chi connectivity index (χ3v) is 4.54. The molecule has 19 heavy (non-hydrogen) atoms. The van der Waals surface area contributed by atoms with Gasteiger partial charge in [-0.25, -0.2) is 9.37 Å². The number of halogens is 2. The van der Waals surface area contributed by atoms with E-state index in [1.165, 1.54) is 31.7 Å². The SMILES string of the molecule is CC(C1CCCC1)n1c(N)nc2cc(F)c(Cl)cc21. The van der Waals surface area contributed by atoms with Gasteiger partial charge in [0.1, 0.15) is 5.82 Å². The number of aromatic nitrogens is 2. The van der Waals surface area contributed by atoms with Gasteiger partial charge < -0.3 is 10.3 Å². The number of nitrogens with zero attached hydrogens (tertiary/aromatic N) is 2. The maximum atomic E-state index is 13.5. The molecule has 0 amide bonds. The predicted octanol–water partition coefficient (Wildman–Crippen LogP) is 4.16. The second-order valence-corrected chi connectivity index (χ2v) is 5.79. The summed E-state index contributed by atoms with van der Waals surface area (Å²) in [4.78, 5) is 4.25. The van der Waals surface area contributed by atoms with Crippen molar-refractivity contribution < 1.29 is 4.39 Å². The summed E-state index contributed by atoms with van der Waals surface area (Å²) in [6.07, 6.45) is 4.98. The highest BCUT2D eigenvalue weighted by atomic mass is 35.5. The van der Waals surface area contributed by atoms with Gasteiger partial charge in [-0.1, -0.05) is 24.4 Å². The monoisotopic (exact) mass is 281 g/mol. The van der Waals surface area contributed by atoms with Crippen LogP contribution >= 0.6 is 11.6 Å². The van der Waals surface area contributed by atoms with E-state index >= 15 is 0 Å². The molecule has 0 aliphatic heterocycles. The van der Waals surface area contributed by atoms with Crippen LogP contribution in [-0.2, 0) is 0 Å². The topological polar surface area (TPSA) is 43.8 Å². The molecule has 1 fully saturated rings. The molecule has 0 saturated heterocycles. The summed E-state index contributed by atoms with van der Waals surface area (Å²) in [5.41, 5.74) is 7.40. The van der Waals surface area contributed by atoms with Crippen LogP contribution in [0, 0.1) is 11.7 Å². The fourth-order valence-electron chi connectivity index (χ4n) is 3.19. The fraction of sp³-hybridized carbons (Fsp3) is 0.500. The molecule has 1 aliphatic rings. The lowest BCUT2D eigenvalue weighted by Gasteiger charge is -2.22. The van der Waals surface area contributed by atoms with Crippen LogP contribution in [0.5, 0.6) is 0 Å². The van der Waals surface area contributed by atoms with Crippen LogP contribution in [0.25, 0.3) is 11.0 Å². The van der Waals surface area contributed by atoms with E-state index in [0.717, 1.165) is 5.52 Å². The highest BCUT2D eigenvalue weighted by Crippen LogP contribution is 2.37. The van der Waals surface area contributed by atoms with Crippen molar-refractivity contribution in [2.45, 2.75) is 38.6 Å². The molecule has 2 aromatic rings. The molecule has 1 heterocycles. The van der Waals surface area contributed by atoms with Gasteiger partial charge in [-0.3, -0.25) is 0 Å². The highest BCUT2D eigenvalue weighted by molar-refractivity contribution is 6.31. The minimum absolute atomic E-state index is 0.118. The van der Waals surface area contributed by atoms with E-state index in [4.69, 9.17) is 17.3 Å². The first-order valence-electron chi connectivity index (χ1n) is 6.70. The average Bonchev–Trinajstić information content (AvgIpc) is 2.97. The summed E-state index contributed by atoms with van der Waals surface area (Å²) in [5, 5.41) is 0.118. The van der Waals surface area contributed by atoms with Gasteiger partial charge in [0.25, 0.3) is 0 Å². The summed E-state index contributed by atoms with van der Waals surface area (Å²) < 4.78 is 15.5. The minimum Gasteiger partial charge on any atom is -0.369 e. The molecular weight excluding hydrogens is 265 g/mol. The maximum Gasteiger partial charge on any atom is 0.201 e. The lowest BCUT2D eigenvalue weighted by atomic mass is 9.99. The van der Waals surface area contributed by atoms with Gasteiger partial charge in [0.05, 0.1) is 16.1 Å². The van der Waals surface area contributed by atoms with E-state index in [1.54, 1.807) is 6.07 Å². The zero-order chi connectivity index (χ0) is 13.6. The Bertz CT molecular complexity index is 617. The van der Waals surface area contributed by atoms with Gasteiger partial charge in [0, 0.05) is 12.1 Å². The Hall–Kier alpha value is -1.29. The number of nitrogen functional groups attached to an aromatic ring is 1. The molecule has 0 bridgehead atoms. The summed E-state index contributed by atoms with van der Waals surface area (Å²) in [7, 11) is 0. The second kappa shape index (κ2) is 4.67. The van der Waals surface area contributed by atoms with Crippen LogP contribution in [0.1, 0.15) is 38.6 Å². The molecule has 1 aliphatic carbocycles. The number of anilines is 1. The molecule has 3 rings (SSSR count). The van der Waals surface area contributed by atoms with Crippen molar-refractivity contribution in [2.75, 3.05) is 5.73 Å². The molecule has 1 saturated carbocycles. The maximum absolute atomic E-state index is 13.5. The summed E-state index contributed by atoms with van der Waals surface area (Å²) in [6, 6.07) is 3.25. The Morgan fingerprint density at radius 3 is 2.79 bits per heavy atom. The first-order valence-corrected chi connectivity index (χ1v) is 7.08. The van der Waals surface area contributed by atoms with Crippen LogP contribution in [-0.4, -0.2) is 9.55 Å². The van der Waals surface area contributed by atoms with Gasteiger partial charge in [0.15, 0.2) is 0 Å². The predicted molar refractivity (Wildman–Crippen MR) is 75.8 cm³/mol. The van der Waals surface area contributed by atoms with E-state index in [-0.39, 0.29) is 11.1 Å². The summed E-state index contributed by atoms with van der Waals surface area (Å²) >= 11 is 5.88. The molecule has 1 aromatic heterocycles. The van der Waals surface area contributed by atoms with Crippen molar-refractivity contribution in [1.29, 1.82) is 0 Å². The van der Waals surface area contributed by atoms with Gasteiger partial charge in [-0.15, -0.1) is 0 Å². The number of nitrogens with two attached hydrogens (primary N) is 1. The smallest absolute Gasteiger partial charge is 0.201 e. The van der Waals surface area contributed by atoms with E-state index in [2.05, 4.69) is 11.9 Å². The molecule has 3 nitrogen and oxygen atoms in total. The molecule has 1 unspecified atom stereocenters. The number of hydrogen-bond donors (Lipinski definition) is 1. The normalized spacial score (nSPS) is 18.3. The number of hydrogen-bond acceptors (Lipinski definition) is 2. The van der Waals surface area contributed by atoms with Crippen molar-refractivity contribution >= 4 is 28.6 Å². The Balaban J connectivity index is 2.11. The van der Waals surface area contributed by atoms with Crippen LogP contribution in [0.4, 0.5) is 10.3 Å². The lowest BCUT2D eigenvalue weighted by molar-refractivity contribution is 0.371. The van der Waals surface area contributed by atoms with Crippen molar-refractivity contribution in [1.82, 2.24) is 9.55 Å². The fourth-order valence-corrected chi connectivity index (χ4v) is 3.35. The molecular formula is C14H17ClFN3. The molecule has 1 atom stereocenters. The molecule has 102 valence electrons. The van der Waals surface area contributed by atoms with Crippen LogP contribution < -0.4 is 5.73 Å². The minimum atomic E-state index is -0.452. The second-order valence-electron chi connectivity index (χ2n) is 5.38. The number of imidazole rings is 1. The van der Waals surface area contributed by atoms with Crippen molar-refractivity contribution in [3.8, 4) is 0 Å². The zero-order valence-corrected chi connectivity index (χ0v) is 11.6. The van der Waals surface area contributed by atoms with Gasteiger partial charge >= 0.3 is 0 Å². The molecule has 0 radical (unpaired) electrons. The largest absolute Gasteiger partial charge is 0.369 e. The quantitative estimate of drug-likeness (QED) is 0.898. The molecule has 5 heteroatoms. The van der Waals surface area contributed by atoms with Crippen LogP contribution in [0.2, 0.25) is 5.02 Å². The summed E-state index contributed by atoms with van der Waals surface area (Å²) in [5.74, 6) is 0.604. The average molecular weight is 282 g/mol. The first kappa shape index (κ1) is 12.7. The van der Waals surface area contributed by atoms with Crippen molar-refractivity contribution in [3.05, 3.63) is 23.0 Å². The third kappa shape index (κ3) is 2.08. The molecule has 1 aromatic carbocycles. The van der Waals surface area contributed by atoms with E-state index in [1.807, 2.05) is 4.57 Å². The molecule has 2 N–H and O–H groups in total. The molecule has 0 spiro atoms. The number of rotatable bonds is 2. The lowest BCUT2D eigenvalue weighted by Crippen LogP contribution is -2.16. The third-order valence-electron chi connectivity index (χ3n) is 4.25. The van der Waals surface area contributed by atoms with Crippen molar-refractivity contribution in [2.24, 2.45) is 5.92 Å². The van der Waals surface area contributed by atoms with Crippen LogP contribution in [0.3, 0.4) is 0 Å². The Morgan fingerprint density at radius 1 is 1.42 bits per heavy atom. The van der Waals surface area contributed by atoms with Gasteiger partial charge in [-0.2, -0.15) is 0 Å². The van der Waals surface area contributed by atoms with E-state index < -0.39 is 5.82 Å². The summed E-state index contributed by atoms with van der Waals surface area (Å²) in [6.45, 7) is 2.16. The zero-order valence-electron chi connectivity index (χ0n) is 10.9. The standard InChI is InChI=1S/C14H17ClFN3/c1-8(9-4-2-3-5-9)19-13-6-10(15)11(16)7-12(13)18-14(19)17/h6-9H,2-5H2,1H3,(H2,17,18). The number of benzene rings is 1. The van der Waals surface area contributed by atoms with E-state index in [0.29, 0.717) is 17.4 Å². The first-order chi connectivity index (χ1) is 9.08. The van der Waals surface area contributed by atoms with E-state index in [9.17, 15) is 4.39 Å². The van der Waals surface area contributed by atoms with Gasteiger partial charge in [-0.05, 0) is 31.7 Å². The van der Waals surface area contributed by atoms with Crippen molar-refractivity contribution in [3.63, 3.8) is 0 Å². The Kier molecular flexibility index (Phi) is 3.13. The van der Waals surface area contributed by atoms with Gasteiger partial charge in [0.2, 0.25) is 5.95 Å². The highest BCUT2D eigenvalue weighted by Gasteiger charge is 2.26. The van der Waals surface area contributed by atoms with Crippen LogP contribution in [0.15, 0.2) is 12.1 Å². The Morgan fingerprint density at radius 2 is 2.11 bits per heavy atom. The number of fused-ring (bicyclic) bond motifs is 1.